The first-order chi connectivity index (χ1) is 10.5. The molecule has 1 aliphatic heterocycles. The molecular formula is C14H19ClN4O3. The summed E-state index contributed by atoms with van der Waals surface area (Å²) in [6, 6.07) is 4.11. The molecule has 0 aromatic heterocycles. The third-order valence-corrected chi connectivity index (χ3v) is 3.61. The number of anilines is 1. The van der Waals surface area contributed by atoms with E-state index in [1.54, 1.807) is 17.0 Å². The number of urea groups is 1. The zero-order valence-electron chi connectivity index (χ0n) is 12.3. The lowest BCUT2D eigenvalue weighted by atomic mass is 10.2. The first-order valence-electron chi connectivity index (χ1n) is 6.96. The maximum Gasteiger partial charge on any atom is 0.316 e. The van der Waals surface area contributed by atoms with Gasteiger partial charge in [-0.1, -0.05) is 11.6 Å². The number of rotatable bonds is 4. The minimum absolute atomic E-state index is 0.103. The van der Waals surface area contributed by atoms with E-state index in [-0.39, 0.29) is 18.6 Å². The van der Waals surface area contributed by atoms with Crippen molar-refractivity contribution in [2.75, 3.05) is 31.6 Å². The second-order valence-electron chi connectivity index (χ2n) is 5.06. The molecule has 1 atom stereocenters. The lowest BCUT2D eigenvalue weighted by Gasteiger charge is -2.33. The lowest BCUT2D eigenvalue weighted by molar-refractivity contribution is -0.136. The number of hydrogen-bond donors (Lipinski definition) is 3. The molecule has 1 saturated heterocycles. The van der Waals surface area contributed by atoms with E-state index in [4.69, 9.17) is 22.1 Å². The maximum atomic E-state index is 12.2. The Balaban J connectivity index is 2.01. The third kappa shape index (κ3) is 4.25. The van der Waals surface area contributed by atoms with Crippen LogP contribution >= 0.6 is 11.6 Å². The van der Waals surface area contributed by atoms with Crippen LogP contribution in [-0.4, -0.2) is 49.1 Å². The van der Waals surface area contributed by atoms with Gasteiger partial charge in [-0.15, -0.1) is 0 Å². The normalized spacial score (nSPS) is 17.9. The summed E-state index contributed by atoms with van der Waals surface area (Å²) in [5, 5.41) is 6.07. The Morgan fingerprint density at radius 2 is 2.32 bits per heavy atom. The molecule has 0 unspecified atom stereocenters. The van der Waals surface area contributed by atoms with E-state index in [1.165, 1.54) is 6.07 Å². The molecule has 7 nitrogen and oxygen atoms in total. The maximum absolute atomic E-state index is 12.2. The minimum atomic E-state index is -0.728. The summed E-state index contributed by atoms with van der Waals surface area (Å²) in [4.78, 5) is 25.0. The van der Waals surface area contributed by atoms with Crippen LogP contribution in [0, 0.1) is 0 Å². The number of amides is 3. The largest absolute Gasteiger partial charge is 0.482 e. The SMILES string of the molecule is C[C@@H]1CNCCN1C(=O)COc1ccc(Cl)cc1NC(N)=O. The molecule has 1 aromatic carbocycles. The van der Waals surface area contributed by atoms with Crippen LogP contribution in [0.1, 0.15) is 6.92 Å². The molecule has 8 heteroatoms. The van der Waals surface area contributed by atoms with Gasteiger partial charge < -0.3 is 26.0 Å². The van der Waals surface area contributed by atoms with Crippen LogP contribution < -0.4 is 21.1 Å². The Labute approximate surface area is 133 Å². The Morgan fingerprint density at radius 1 is 1.55 bits per heavy atom. The second-order valence-corrected chi connectivity index (χ2v) is 5.50. The number of piperazine rings is 1. The molecule has 0 radical (unpaired) electrons. The number of ether oxygens (including phenoxy) is 1. The van der Waals surface area contributed by atoms with Gasteiger partial charge >= 0.3 is 6.03 Å². The molecule has 1 heterocycles. The molecule has 22 heavy (non-hydrogen) atoms. The number of nitrogens with two attached hydrogens (primary N) is 1. The first-order valence-corrected chi connectivity index (χ1v) is 7.34. The average Bonchev–Trinajstić information content (AvgIpc) is 2.46. The highest BCUT2D eigenvalue weighted by atomic mass is 35.5. The van der Waals surface area contributed by atoms with Crippen molar-refractivity contribution in [3.8, 4) is 5.75 Å². The second kappa shape index (κ2) is 7.33. The van der Waals surface area contributed by atoms with Gasteiger partial charge in [-0.2, -0.15) is 0 Å². The molecular weight excluding hydrogens is 308 g/mol. The molecule has 2 rings (SSSR count). The monoisotopic (exact) mass is 326 g/mol. The fourth-order valence-corrected chi connectivity index (χ4v) is 2.46. The van der Waals surface area contributed by atoms with E-state index >= 15 is 0 Å². The summed E-state index contributed by atoms with van der Waals surface area (Å²) in [7, 11) is 0. The predicted molar refractivity (Wildman–Crippen MR) is 84.2 cm³/mol. The summed E-state index contributed by atoms with van der Waals surface area (Å²) in [6.45, 7) is 4.05. The highest BCUT2D eigenvalue weighted by molar-refractivity contribution is 6.31. The zero-order chi connectivity index (χ0) is 16.1. The molecule has 1 aliphatic rings. The molecule has 0 saturated carbocycles. The van der Waals surface area contributed by atoms with Crippen LogP contribution in [0.3, 0.4) is 0 Å². The Bertz CT molecular complexity index is 567. The number of benzene rings is 1. The molecule has 120 valence electrons. The van der Waals surface area contributed by atoms with Crippen molar-refractivity contribution in [2.45, 2.75) is 13.0 Å². The number of halogens is 1. The van der Waals surface area contributed by atoms with Crippen LogP contribution in [0.5, 0.6) is 5.75 Å². The number of nitrogens with zero attached hydrogens (tertiary/aromatic N) is 1. The van der Waals surface area contributed by atoms with Crippen molar-refractivity contribution in [2.24, 2.45) is 5.73 Å². The van der Waals surface area contributed by atoms with Gasteiger partial charge in [0.15, 0.2) is 6.61 Å². The molecule has 0 bridgehead atoms. The Kier molecular flexibility index (Phi) is 5.46. The van der Waals surface area contributed by atoms with Crippen molar-refractivity contribution in [3.05, 3.63) is 23.2 Å². The van der Waals surface area contributed by atoms with Gasteiger partial charge in [-0.05, 0) is 25.1 Å². The minimum Gasteiger partial charge on any atom is -0.482 e. The fraction of sp³-hybridized carbons (Fsp3) is 0.429. The predicted octanol–water partition coefficient (Wildman–Crippen LogP) is 1.03. The van der Waals surface area contributed by atoms with Gasteiger partial charge in [0, 0.05) is 30.7 Å². The fourth-order valence-electron chi connectivity index (χ4n) is 2.29. The standard InChI is InChI=1S/C14H19ClN4O3/c1-9-7-17-4-5-19(9)13(20)8-22-12-3-2-10(15)6-11(12)18-14(16)21/h2-3,6,9,17H,4-5,7-8H2,1H3,(H3,16,18,21)/t9-/m1/s1. The molecule has 0 aliphatic carbocycles. The van der Waals surface area contributed by atoms with Crippen LogP contribution in [0.25, 0.3) is 0 Å². The summed E-state index contributed by atoms with van der Waals surface area (Å²) in [5.41, 5.74) is 5.44. The summed E-state index contributed by atoms with van der Waals surface area (Å²) < 4.78 is 5.52. The van der Waals surface area contributed by atoms with E-state index in [1.807, 2.05) is 6.92 Å². The van der Waals surface area contributed by atoms with Crippen LogP contribution in [-0.2, 0) is 4.79 Å². The Hall–Kier alpha value is -1.99. The highest BCUT2D eigenvalue weighted by Gasteiger charge is 2.23. The van der Waals surface area contributed by atoms with E-state index in [0.717, 1.165) is 13.1 Å². The van der Waals surface area contributed by atoms with Crippen molar-refractivity contribution >= 4 is 29.2 Å². The van der Waals surface area contributed by atoms with Gasteiger partial charge in [0.25, 0.3) is 5.91 Å². The summed E-state index contributed by atoms with van der Waals surface area (Å²) >= 11 is 5.87. The molecule has 4 N–H and O–H groups in total. The first kappa shape index (κ1) is 16.4. The summed E-state index contributed by atoms with van der Waals surface area (Å²) in [6.07, 6.45) is 0. The van der Waals surface area contributed by atoms with E-state index in [9.17, 15) is 9.59 Å². The molecule has 1 fully saturated rings. The highest BCUT2D eigenvalue weighted by Crippen LogP contribution is 2.28. The Morgan fingerprint density at radius 3 is 3.00 bits per heavy atom. The number of carbonyl (C=O) groups is 2. The van der Waals surface area contributed by atoms with Crippen molar-refractivity contribution in [3.63, 3.8) is 0 Å². The van der Waals surface area contributed by atoms with Gasteiger partial charge in [-0.3, -0.25) is 4.79 Å². The van der Waals surface area contributed by atoms with Gasteiger partial charge in [0.1, 0.15) is 5.75 Å². The van der Waals surface area contributed by atoms with E-state index in [0.29, 0.717) is 23.0 Å². The average molecular weight is 327 g/mol. The van der Waals surface area contributed by atoms with Gasteiger partial charge in [0.2, 0.25) is 0 Å². The lowest BCUT2D eigenvalue weighted by Crippen LogP contribution is -2.53. The number of hydrogen-bond acceptors (Lipinski definition) is 4. The van der Waals surface area contributed by atoms with Crippen molar-refractivity contribution in [1.29, 1.82) is 0 Å². The number of nitrogens with one attached hydrogen (secondary N) is 2. The van der Waals surface area contributed by atoms with Crippen molar-refractivity contribution < 1.29 is 14.3 Å². The molecule has 1 aromatic rings. The third-order valence-electron chi connectivity index (χ3n) is 3.37. The quantitative estimate of drug-likeness (QED) is 0.770. The van der Waals surface area contributed by atoms with Crippen LogP contribution in [0.4, 0.5) is 10.5 Å². The summed E-state index contributed by atoms with van der Waals surface area (Å²) in [5.74, 6) is 0.244. The van der Waals surface area contributed by atoms with Crippen LogP contribution in [0.15, 0.2) is 18.2 Å². The van der Waals surface area contributed by atoms with Crippen molar-refractivity contribution in [1.82, 2.24) is 10.2 Å². The number of primary amides is 1. The molecule has 3 amide bonds. The van der Waals surface area contributed by atoms with Gasteiger partial charge in [-0.25, -0.2) is 4.79 Å². The zero-order valence-corrected chi connectivity index (χ0v) is 13.0. The van der Waals surface area contributed by atoms with Crippen LogP contribution in [0.2, 0.25) is 5.02 Å². The van der Waals surface area contributed by atoms with E-state index < -0.39 is 6.03 Å². The van der Waals surface area contributed by atoms with Gasteiger partial charge in [0.05, 0.1) is 5.69 Å². The smallest absolute Gasteiger partial charge is 0.316 e. The number of carbonyl (C=O) groups excluding carboxylic acids is 2. The topological polar surface area (TPSA) is 96.7 Å². The molecule has 0 spiro atoms. The van der Waals surface area contributed by atoms with E-state index in [2.05, 4.69) is 10.6 Å².